The van der Waals surface area contributed by atoms with Gasteiger partial charge in [0.05, 0.1) is 35.8 Å². The number of likely N-dealkylation sites (tertiary alicyclic amines) is 1. The topological polar surface area (TPSA) is 95.9 Å². The fourth-order valence-corrected chi connectivity index (χ4v) is 9.03. The van der Waals surface area contributed by atoms with Gasteiger partial charge in [0, 0.05) is 10.8 Å². The van der Waals surface area contributed by atoms with Gasteiger partial charge in [0.1, 0.15) is 6.04 Å². The molecule has 0 aromatic rings. The number of aliphatic hydroxyl groups excluding tert-OH is 1. The van der Waals surface area contributed by atoms with Gasteiger partial charge in [-0.2, -0.15) is 0 Å². The van der Waals surface area contributed by atoms with Crippen LogP contribution in [0, 0.1) is 23.2 Å². The van der Waals surface area contributed by atoms with E-state index in [9.17, 15) is 19.5 Å². The van der Waals surface area contributed by atoms with E-state index in [2.05, 4.69) is 26.1 Å². The van der Waals surface area contributed by atoms with Crippen molar-refractivity contribution in [2.75, 3.05) is 13.2 Å². The highest BCUT2D eigenvalue weighted by Crippen LogP contribution is 2.67. The summed E-state index contributed by atoms with van der Waals surface area (Å²) in [7, 11) is 0. The number of carbonyl (C=O) groups is 3. The predicted octanol–water partition coefficient (Wildman–Crippen LogP) is 3.38. The van der Waals surface area contributed by atoms with Crippen molar-refractivity contribution in [3.05, 3.63) is 0 Å². The third kappa shape index (κ3) is 4.73. The number of carbonyl (C=O) groups excluding carboxylic acids is 3. The van der Waals surface area contributed by atoms with Gasteiger partial charge in [0.15, 0.2) is 0 Å². The number of hydrogen-bond acceptors (Lipinski definition) is 6. The van der Waals surface area contributed by atoms with Crippen LogP contribution < -0.4 is 5.32 Å². The maximum atomic E-state index is 14.0. The van der Waals surface area contributed by atoms with E-state index >= 15 is 0 Å². The Morgan fingerprint density at radius 1 is 1.26 bits per heavy atom. The minimum absolute atomic E-state index is 0.00999. The molecule has 0 radical (unpaired) electrons. The van der Waals surface area contributed by atoms with Gasteiger partial charge in [-0.15, -0.1) is 11.8 Å². The molecule has 3 saturated heterocycles. The first-order valence-corrected chi connectivity index (χ1v) is 13.7. The number of amides is 2. The van der Waals surface area contributed by atoms with Crippen LogP contribution in [0.1, 0.15) is 81.1 Å². The molecule has 0 aliphatic carbocycles. The molecule has 8 heteroatoms. The van der Waals surface area contributed by atoms with Crippen LogP contribution in [0.25, 0.3) is 0 Å². The van der Waals surface area contributed by atoms with Crippen molar-refractivity contribution in [3.63, 3.8) is 0 Å². The molecule has 7 atom stereocenters. The first-order valence-electron chi connectivity index (χ1n) is 12.8. The lowest BCUT2D eigenvalue weighted by molar-refractivity contribution is -0.154. The molecule has 3 aliphatic heterocycles. The zero-order chi connectivity index (χ0) is 25.6. The molecule has 0 aromatic carbocycles. The van der Waals surface area contributed by atoms with E-state index in [1.807, 2.05) is 27.7 Å². The van der Waals surface area contributed by atoms with Gasteiger partial charge >= 0.3 is 5.97 Å². The van der Waals surface area contributed by atoms with Crippen LogP contribution in [-0.2, 0) is 19.1 Å². The van der Waals surface area contributed by atoms with Gasteiger partial charge in [0.2, 0.25) is 11.8 Å². The second-order valence-electron chi connectivity index (χ2n) is 12.3. The summed E-state index contributed by atoms with van der Waals surface area (Å²) in [4.78, 5) is 42.7. The molecule has 3 rings (SSSR count). The first kappa shape index (κ1) is 27.3. The summed E-state index contributed by atoms with van der Waals surface area (Å²) in [6, 6.07) is -1.19. The van der Waals surface area contributed by atoms with E-state index in [4.69, 9.17) is 4.74 Å². The summed E-state index contributed by atoms with van der Waals surface area (Å²) in [6.07, 6.45) is 3.04. The van der Waals surface area contributed by atoms with E-state index in [1.54, 1.807) is 23.6 Å². The molecule has 34 heavy (non-hydrogen) atoms. The number of thioether (sulfide) groups is 1. The zero-order valence-corrected chi connectivity index (χ0v) is 23.0. The molecule has 0 aromatic heterocycles. The molecule has 2 bridgehead atoms. The monoisotopic (exact) mass is 496 g/mol. The lowest BCUT2D eigenvalue weighted by Gasteiger charge is -2.41. The second-order valence-corrected chi connectivity index (χ2v) is 13.9. The minimum atomic E-state index is -0.718. The van der Waals surface area contributed by atoms with Crippen molar-refractivity contribution < 1.29 is 24.2 Å². The Hall–Kier alpha value is -1.28. The lowest BCUT2D eigenvalue weighted by atomic mass is 9.71. The van der Waals surface area contributed by atoms with Crippen LogP contribution in [0.5, 0.6) is 0 Å². The van der Waals surface area contributed by atoms with Crippen LogP contribution in [0.4, 0.5) is 0 Å². The molecule has 2 amide bonds. The molecule has 194 valence electrons. The molecular formula is C26H44N2O5S. The molecule has 3 heterocycles. The fraction of sp³-hybridized carbons (Fsp3) is 0.885. The SMILES string of the molecule is CCOC(=O)[C@@H]1[C@H]2C(=O)N([C@@H](CO)[C@@H](C)CC)C(C(=O)NC(C)(C)CC(C)(C)C)C23CC[C@H]1S3. The van der Waals surface area contributed by atoms with Gasteiger partial charge in [-0.25, -0.2) is 0 Å². The summed E-state index contributed by atoms with van der Waals surface area (Å²) in [5.74, 6) is -1.80. The van der Waals surface area contributed by atoms with Crippen LogP contribution in [0.15, 0.2) is 0 Å². The van der Waals surface area contributed by atoms with Gasteiger partial charge in [-0.3, -0.25) is 14.4 Å². The highest BCUT2D eigenvalue weighted by Gasteiger charge is 2.74. The van der Waals surface area contributed by atoms with Gasteiger partial charge in [-0.1, -0.05) is 41.0 Å². The summed E-state index contributed by atoms with van der Waals surface area (Å²) in [6.45, 7) is 16.3. The smallest absolute Gasteiger partial charge is 0.310 e. The highest BCUT2D eigenvalue weighted by molar-refractivity contribution is 8.02. The number of fused-ring (bicyclic) bond motifs is 1. The Kier molecular flexibility index (Phi) is 7.74. The Balaban J connectivity index is 2.04. The summed E-state index contributed by atoms with van der Waals surface area (Å²) in [5.41, 5.74) is -0.450. The summed E-state index contributed by atoms with van der Waals surface area (Å²) >= 11 is 1.64. The van der Waals surface area contributed by atoms with Crippen LogP contribution in [0.2, 0.25) is 0 Å². The van der Waals surface area contributed by atoms with E-state index in [0.717, 1.165) is 19.3 Å². The number of esters is 1. The summed E-state index contributed by atoms with van der Waals surface area (Å²) < 4.78 is 4.72. The molecule has 0 saturated carbocycles. The Labute approximate surface area is 209 Å². The van der Waals surface area contributed by atoms with Crippen molar-refractivity contribution in [2.24, 2.45) is 23.2 Å². The number of rotatable bonds is 9. The lowest BCUT2D eigenvalue weighted by Crippen LogP contribution is -2.61. The molecule has 2 unspecified atom stereocenters. The standard InChI is InChI=1S/C26H44N2O5S/c1-9-15(3)16(13-29)28-20(21(30)27-25(7,8)14-24(4,5)6)26-12-11-17(34-26)18(19(26)22(28)31)23(32)33-10-2/h15-20,29H,9-14H2,1-8H3,(H,27,30)/t15-,16-,17+,18-,19-,20?,26?/m0/s1. The number of nitrogens with one attached hydrogen (secondary N) is 1. The Morgan fingerprint density at radius 3 is 2.44 bits per heavy atom. The first-order chi connectivity index (χ1) is 15.7. The van der Waals surface area contributed by atoms with Crippen molar-refractivity contribution >= 4 is 29.5 Å². The third-order valence-electron chi connectivity index (χ3n) is 7.82. The zero-order valence-electron chi connectivity index (χ0n) is 22.1. The van der Waals surface area contributed by atoms with Crippen molar-refractivity contribution in [1.82, 2.24) is 10.2 Å². The molecule has 3 fully saturated rings. The van der Waals surface area contributed by atoms with Crippen LogP contribution in [-0.4, -0.2) is 68.6 Å². The fourth-order valence-electron chi connectivity index (χ4n) is 6.84. The second kappa shape index (κ2) is 9.64. The molecular weight excluding hydrogens is 452 g/mol. The quantitative estimate of drug-likeness (QED) is 0.475. The van der Waals surface area contributed by atoms with Gasteiger partial charge in [-0.05, 0) is 51.4 Å². The summed E-state index contributed by atoms with van der Waals surface area (Å²) in [5, 5.41) is 13.6. The molecule has 2 N–H and O–H groups in total. The Bertz CT molecular complexity index is 810. The third-order valence-corrected chi connectivity index (χ3v) is 9.78. The average molecular weight is 497 g/mol. The van der Waals surface area contributed by atoms with Crippen LogP contribution >= 0.6 is 11.8 Å². The van der Waals surface area contributed by atoms with E-state index in [1.165, 1.54) is 0 Å². The van der Waals surface area contributed by atoms with Gasteiger partial charge < -0.3 is 20.1 Å². The van der Waals surface area contributed by atoms with Crippen LogP contribution in [0.3, 0.4) is 0 Å². The van der Waals surface area contributed by atoms with E-state index in [0.29, 0.717) is 6.42 Å². The normalized spacial score (nSPS) is 32.5. The van der Waals surface area contributed by atoms with Gasteiger partial charge in [0.25, 0.3) is 0 Å². The largest absolute Gasteiger partial charge is 0.466 e. The number of hydrogen-bond donors (Lipinski definition) is 2. The number of nitrogens with zero attached hydrogens (tertiary/aromatic N) is 1. The molecule has 7 nitrogen and oxygen atoms in total. The highest BCUT2D eigenvalue weighted by atomic mass is 32.2. The average Bonchev–Trinajstić information content (AvgIpc) is 3.34. The van der Waals surface area contributed by atoms with Crippen molar-refractivity contribution in [1.29, 1.82) is 0 Å². The molecule has 1 spiro atoms. The molecule has 3 aliphatic rings. The number of aliphatic hydroxyl groups is 1. The maximum absolute atomic E-state index is 14.0. The van der Waals surface area contributed by atoms with E-state index in [-0.39, 0.29) is 47.6 Å². The predicted molar refractivity (Wildman–Crippen MR) is 134 cm³/mol. The Morgan fingerprint density at radius 2 is 1.91 bits per heavy atom. The van der Waals surface area contributed by atoms with Crippen molar-refractivity contribution in [2.45, 2.75) is 109 Å². The number of ether oxygens (including phenoxy) is 1. The minimum Gasteiger partial charge on any atom is -0.466 e. The van der Waals surface area contributed by atoms with Crippen molar-refractivity contribution in [3.8, 4) is 0 Å². The van der Waals surface area contributed by atoms with E-state index < -0.39 is 34.2 Å². The maximum Gasteiger partial charge on any atom is 0.310 e.